The number of amides is 1. The molecule has 0 aliphatic carbocycles. The second-order valence-electron chi connectivity index (χ2n) is 7.20. The summed E-state index contributed by atoms with van der Waals surface area (Å²) in [5, 5.41) is 6.10. The summed E-state index contributed by atoms with van der Waals surface area (Å²) < 4.78 is 34.2. The van der Waals surface area contributed by atoms with Crippen LogP contribution in [0.1, 0.15) is 16.1 Å². The number of ether oxygens (including phenoxy) is 1. The molecule has 0 fully saturated rings. The first-order valence-corrected chi connectivity index (χ1v) is 11.5. The van der Waals surface area contributed by atoms with Crippen molar-refractivity contribution in [3.63, 3.8) is 0 Å². The van der Waals surface area contributed by atoms with Gasteiger partial charge in [0.25, 0.3) is 26.9 Å². The molecule has 174 valence electrons. The van der Waals surface area contributed by atoms with E-state index in [9.17, 15) is 18.0 Å². The predicted molar refractivity (Wildman–Crippen MR) is 123 cm³/mol. The standard InChI is InChI=1S/C22H20N6O5S/c1-14-11-18(15-7-4-3-5-8-15)28-21(24-14)25-22(26-28)34(31,32)27-17-10-6-9-16(12-17)20(30)23-13-19(29)33-2/h3-12,27H,13H2,1-2H3,(H,23,30). The van der Waals surface area contributed by atoms with E-state index in [0.717, 1.165) is 5.56 Å². The molecule has 2 aromatic carbocycles. The molecule has 0 saturated heterocycles. The summed E-state index contributed by atoms with van der Waals surface area (Å²) in [5.41, 5.74) is 2.39. The molecule has 11 nitrogen and oxygen atoms in total. The fourth-order valence-corrected chi connectivity index (χ4v) is 4.07. The summed E-state index contributed by atoms with van der Waals surface area (Å²) in [4.78, 5) is 31.9. The molecule has 0 radical (unpaired) electrons. The number of aryl methyl sites for hydroxylation is 1. The number of sulfonamides is 1. The lowest BCUT2D eigenvalue weighted by atomic mass is 10.1. The van der Waals surface area contributed by atoms with Crippen molar-refractivity contribution in [3.05, 3.63) is 71.9 Å². The number of esters is 1. The molecule has 0 saturated carbocycles. The van der Waals surface area contributed by atoms with Crippen molar-refractivity contribution in [1.82, 2.24) is 24.9 Å². The lowest BCUT2D eigenvalue weighted by Crippen LogP contribution is -2.30. The lowest BCUT2D eigenvalue weighted by molar-refractivity contribution is -0.139. The summed E-state index contributed by atoms with van der Waals surface area (Å²) in [6.45, 7) is 1.47. The zero-order valence-electron chi connectivity index (χ0n) is 18.2. The fraction of sp³-hybridized carbons (Fsp3) is 0.136. The van der Waals surface area contributed by atoms with Gasteiger partial charge in [-0.1, -0.05) is 36.4 Å². The zero-order valence-corrected chi connectivity index (χ0v) is 19.0. The third-order valence-corrected chi connectivity index (χ3v) is 5.89. The average Bonchev–Trinajstić information content (AvgIpc) is 3.27. The Hall–Kier alpha value is -4.32. The zero-order chi connectivity index (χ0) is 24.3. The van der Waals surface area contributed by atoms with Crippen LogP contribution < -0.4 is 10.0 Å². The van der Waals surface area contributed by atoms with Crippen molar-refractivity contribution in [2.24, 2.45) is 0 Å². The molecule has 4 aromatic rings. The molecule has 0 spiro atoms. The first kappa shape index (κ1) is 22.9. The van der Waals surface area contributed by atoms with Crippen molar-refractivity contribution in [2.75, 3.05) is 18.4 Å². The Morgan fingerprint density at radius 1 is 1.03 bits per heavy atom. The first-order chi connectivity index (χ1) is 16.3. The van der Waals surface area contributed by atoms with Gasteiger partial charge < -0.3 is 10.1 Å². The monoisotopic (exact) mass is 480 g/mol. The second kappa shape index (κ2) is 9.27. The minimum Gasteiger partial charge on any atom is -0.468 e. The predicted octanol–water partition coefficient (Wildman–Crippen LogP) is 1.80. The maximum absolute atomic E-state index is 13.0. The number of aromatic nitrogens is 4. The van der Waals surface area contributed by atoms with Crippen LogP contribution in [0.15, 0.2) is 65.8 Å². The molecule has 2 heterocycles. The van der Waals surface area contributed by atoms with Crippen LogP contribution in [0.3, 0.4) is 0 Å². The quantitative estimate of drug-likeness (QED) is 0.381. The molecule has 4 rings (SSSR count). The SMILES string of the molecule is COC(=O)CNC(=O)c1cccc(NS(=O)(=O)c2nc3nc(C)cc(-c4ccccc4)n3n2)c1. The topological polar surface area (TPSA) is 145 Å². The van der Waals surface area contributed by atoms with E-state index < -0.39 is 27.1 Å². The number of methoxy groups -OCH3 is 1. The third kappa shape index (κ3) is 4.86. The summed E-state index contributed by atoms with van der Waals surface area (Å²) in [6.07, 6.45) is 0. The van der Waals surface area contributed by atoms with Gasteiger partial charge in [0.05, 0.1) is 12.8 Å². The number of carbonyl (C=O) groups excluding carboxylic acids is 2. The van der Waals surface area contributed by atoms with Gasteiger partial charge in [0.1, 0.15) is 6.54 Å². The maximum atomic E-state index is 13.0. The van der Waals surface area contributed by atoms with Gasteiger partial charge in [0, 0.05) is 22.5 Å². The van der Waals surface area contributed by atoms with Crippen LogP contribution in [-0.4, -0.2) is 53.5 Å². The summed E-state index contributed by atoms with van der Waals surface area (Å²) in [5.74, 6) is -1.04. The van der Waals surface area contributed by atoms with Crippen molar-refractivity contribution >= 4 is 33.4 Å². The maximum Gasteiger partial charge on any atom is 0.325 e. The number of hydrogen-bond donors (Lipinski definition) is 2. The van der Waals surface area contributed by atoms with Crippen LogP contribution in [0.2, 0.25) is 0 Å². The van der Waals surface area contributed by atoms with E-state index in [1.165, 1.54) is 35.9 Å². The van der Waals surface area contributed by atoms with Gasteiger partial charge in [-0.25, -0.2) is 4.98 Å². The number of fused-ring (bicyclic) bond motifs is 1. The molecular weight excluding hydrogens is 460 g/mol. The highest BCUT2D eigenvalue weighted by Crippen LogP contribution is 2.22. The summed E-state index contributed by atoms with van der Waals surface area (Å²) >= 11 is 0. The molecule has 12 heteroatoms. The van der Waals surface area contributed by atoms with Crippen LogP contribution in [-0.2, 0) is 19.6 Å². The van der Waals surface area contributed by atoms with Crippen LogP contribution in [0.5, 0.6) is 0 Å². The lowest BCUT2D eigenvalue weighted by Gasteiger charge is -2.08. The highest BCUT2D eigenvalue weighted by atomic mass is 32.2. The molecule has 0 bridgehead atoms. The van der Waals surface area contributed by atoms with Crippen LogP contribution in [0.4, 0.5) is 5.69 Å². The smallest absolute Gasteiger partial charge is 0.325 e. The van der Waals surface area contributed by atoms with E-state index >= 15 is 0 Å². The normalized spacial score (nSPS) is 11.2. The van der Waals surface area contributed by atoms with E-state index in [4.69, 9.17) is 0 Å². The Labute approximate surface area is 194 Å². The average molecular weight is 481 g/mol. The number of rotatable bonds is 7. The van der Waals surface area contributed by atoms with E-state index in [1.54, 1.807) is 13.0 Å². The Bertz CT molecular complexity index is 1480. The molecule has 0 aliphatic rings. The molecule has 2 N–H and O–H groups in total. The second-order valence-corrected chi connectivity index (χ2v) is 8.78. The van der Waals surface area contributed by atoms with E-state index in [1.807, 2.05) is 30.3 Å². The van der Waals surface area contributed by atoms with Crippen LogP contribution in [0.25, 0.3) is 17.0 Å². The molecule has 0 atom stereocenters. The van der Waals surface area contributed by atoms with Crippen molar-refractivity contribution in [3.8, 4) is 11.3 Å². The summed E-state index contributed by atoms with van der Waals surface area (Å²) in [7, 11) is -2.99. The molecule has 1 amide bonds. The highest BCUT2D eigenvalue weighted by molar-refractivity contribution is 7.92. The number of hydrogen-bond acceptors (Lipinski definition) is 8. The number of anilines is 1. The van der Waals surface area contributed by atoms with E-state index in [0.29, 0.717) is 11.4 Å². The molecule has 2 aromatic heterocycles. The third-order valence-electron chi connectivity index (χ3n) is 4.73. The Morgan fingerprint density at radius 2 is 1.79 bits per heavy atom. The molecular formula is C22H20N6O5S. The van der Waals surface area contributed by atoms with Crippen LogP contribution in [0, 0.1) is 6.92 Å². The minimum atomic E-state index is -4.20. The largest absolute Gasteiger partial charge is 0.468 e. The van der Waals surface area contributed by atoms with Crippen LogP contribution >= 0.6 is 0 Å². The molecule has 0 aliphatic heterocycles. The van der Waals surface area contributed by atoms with Gasteiger partial charge in [-0.15, -0.1) is 5.10 Å². The van der Waals surface area contributed by atoms with Gasteiger partial charge >= 0.3 is 5.97 Å². The van der Waals surface area contributed by atoms with Gasteiger partial charge in [-0.05, 0) is 31.2 Å². The molecule has 34 heavy (non-hydrogen) atoms. The number of benzene rings is 2. The number of carbonyl (C=O) groups is 2. The van der Waals surface area contributed by atoms with E-state index in [-0.39, 0.29) is 23.6 Å². The van der Waals surface area contributed by atoms with Crippen molar-refractivity contribution in [1.29, 1.82) is 0 Å². The van der Waals surface area contributed by atoms with Crippen molar-refractivity contribution < 1.29 is 22.7 Å². The highest BCUT2D eigenvalue weighted by Gasteiger charge is 2.23. The minimum absolute atomic E-state index is 0.122. The van der Waals surface area contributed by atoms with Crippen molar-refractivity contribution in [2.45, 2.75) is 12.1 Å². The van der Waals surface area contributed by atoms with Gasteiger partial charge in [0.15, 0.2) is 0 Å². The summed E-state index contributed by atoms with van der Waals surface area (Å²) in [6, 6.07) is 16.9. The Balaban J connectivity index is 1.63. The molecule has 0 unspecified atom stereocenters. The fourth-order valence-electron chi connectivity index (χ4n) is 3.15. The van der Waals surface area contributed by atoms with Gasteiger partial charge in [-0.2, -0.15) is 17.9 Å². The van der Waals surface area contributed by atoms with E-state index in [2.05, 4.69) is 29.8 Å². The Kier molecular flexibility index (Phi) is 6.23. The number of nitrogens with one attached hydrogen (secondary N) is 2. The number of nitrogens with zero attached hydrogens (tertiary/aromatic N) is 4. The Morgan fingerprint density at radius 3 is 2.53 bits per heavy atom. The van der Waals surface area contributed by atoms with Gasteiger partial charge in [-0.3, -0.25) is 14.3 Å². The first-order valence-electron chi connectivity index (χ1n) is 10.0. The van der Waals surface area contributed by atoms with Gasteiger partial charge in [0.2, 0.25) is 0 Å².